The number of hydrogen-bond donors (Lipinski definition) is 2. The zero-order valence-corrected chi connectivity index (χ0v) is 9.77. The SMILES string of the molecule is C[C@]1(O)CN(C2CCOC2=O)CC[C@@]1(C)O. The number of carbonyl (C=O) groups is 1. The van der Waals surface area contributed by atoms with Crippen molar-refractivity contribution < 1.29 is 19.7 Å². The molecule has 92 valence electrons. The van der Waals surface area contributed by atoms with E-state index in [1.54, 1.807) is 13.8 Å². The second-order valence-corrected chi connectivity index (χ2v) is 5.24. The second kappa shape index (κ2) is 3.68. The average molecular weight is 229 g/mol. The fraction of sp³-hybridized carbons (Fsp3) is 0.909. The number of carbonyl (C=O) groups excluding carboxylic acids is 1. The van der Waals surface area contributed by atoms with E-state index in [1.807, 2.05) is 4.90 Å². The topological polar surface area (TPSA) is 70.0 Å². The molecule has 0 aliphatic carbocycles. The average Bonchev–Trinajstić information content (AvgIpc) is 2.57. The van der Waals surface area contributed by atoms with Crippen LogP contribution in [0, 0.1) is 0 Å². The first-order valence-corrected chi connectivity index (χ1v) is 5.69. The lowest BCUT2D eigenvalue weighted by molar-refractivity contribution is -0.178. The number of cyclic esters (lactones) is 1. The maximum atomic E-state index is 11.4. The van der Waals surface area contributed by atoms with Crippen molar-refractivity contribution in [1.29, 1.82) is 0 Å². The first-order chi connectivity index (χ1) is 7.33. The van der Waals surface area contributed by atoms with E-state index in [2.05, 4.69) is 0 Å². The highest BCUT2D eigenvalue weighted by atomic mass is 16.5. The van der Waals surface area contributed by atoms with Gasteiger partial charge in [0.05, 0.1) is 12.2 Å². The highest BCUT2D eigenvalue weighted by Crippen LogP contribution is 2.33. The number of piperidine rings is 1. The number of aliphatic hydroxyl groups is 2. The van der Waals surface area contributed by atoms with Crippen LogP contribution < -0.4 is 0 Å². The highest BCUT2D eigenvalue weighted by Gasteiger charge is 2.49. The zero-order valence-electron chi connectivity index (χ0n) is 9.77. The third-order valence-corrected chi connectivity index (χ3v) is 3.91. The van der Waals surface area contributed by atoms with Crippen LogP contribution >= 0.6 is 0 Å². The van der Waals surface area contributed by atoms with Gasteiger partial charge in [-0.15, -0.1) is 0 Å². The smallest absolute Gasteiger partial charge is 0.323 e. The maximum Gasteiger partial charge on any atom is 0.323 e. The molecule has 2 fully saturated rings. The van der Waals surface area contributed by atoms with E-state index in [-0.39, 0.29) is 12.0 Å². The van der Waals surface area contributed by atoms with Gasteiger partial charge in [-0.05, 0) is 20.3 Å². The van der Waals surface area contributed by atoms with E-state index in [9.17, 15) is 15.0 Å². The number of β-amino-alcohol motifs (C(OH)–C–C–N with tert-alkyl or cyclic N) is 1. The molecule has 0 aromatic carbocycles. The van der Waals surface area contributed by atoms with Crippen LogP contribution in [0.15, 0.2) is 0 Å². The van der Waals surface area contributed by atoms with Gasteiger partial charge in [0, 0.05) is 19.5 Å². The highest BCUT2D eigenvalue weighted by molar-refractivity contribution is 5.77. The van der Waals surface area contributed by atoms with Crippen molar-refractivity contribution in [3.05, 3.63) is 0 Å². The Kier molecular flexibility index (Phi) is 2.72. The van der Waals surface area contributed by atoms with E-state index in [0.717, 1.165) is 0 Å². The summed E-state index contributed by atoms with van der Waals surface area (Å²) in [5.74, 6) is -0.211. The molecule has 3 atom stereocenters. The lowest BCUT2D eigenvalue weighted by Crippen LogP contribution is -2.64. The van der Waals surface area contributed by atoms with E-state index >= 15 is 0 Å². The van der Waals surface area contributed by atoms with Crippen molar-refractivity contribution >= 4 is 5.97 Å². The number of nitrogens with zero attached hydrogens (tertiary/aromatic N) is 1. The van der Waals surface area contributed by atoms with Gasteiger partial charge in [-0.1, -0.05) is 0 Å². The lowest BCUT2D eigenvalue weighted by atomic mass is 9.79. The van der Waals surface area contributed by atoms with Gasteiger partial charge in [-0.25, -0.2) is 0 Å². The minimum atomic E-state index is -1.19. The molecular weight excluding hydrogens is 210 g/mol. The predicted molar refractivity (Wildman–Crippen MR) is 56.8 cm³/mol. The van der Waals surface area contributed by atoms with Crippen LogP contribution in [0.25, 0.3) is 0 Å². The lowest BCUT2D eigenvalue weighted by Gasteiger charge is -2.48. The Bertz CT molecular complexity index is 300. The summed E-state index contributed by atoms with van der Waals surface area (Å²) in [4.78, 5) is 13.3. The van der Waals surface area contributed by atoms with Crippen molar-refractivity contribution in [3.8, 4) is 0 Å². The quantitative estimate of drug-likeness (QED) is 0.594. The molecule has 2 aliphatic heterocycles. The Labute approximate surface area is 95.0 Å². The first kappa shape index (κ1) is 11.8. The maximum absolute atomic E-state index is 11.4. The summed E-state index contributed by atoms with van der Waals surface area (Å²) < 4.78 is 4.91. The molecular formula is C11H19NO4. The monoisotopic (exact) mass is 229 g/mol. The molecule has 5 heteroatoms. The van der Waals surface area contributed by atoms with Gasteiger partial charge in [-0.3, -0.25) is 9.69 Å². The third-order valence-electron chi connectivity index (χ3n) is 3.91. The Hall–Kier alpha value is -0.650. The molecule has 0 amide bonds. The van der Waals surface area contributed by atoms with Crippen LogP contribution in [0.4, 0.5) is 0 Å². The summed E-state index contributed by atoms with van der Waals surface area (Å²) in [5.41, 5.74) is -2.28. The fourth-order valence-electron chi connectivity index (χ4n) is 2.36. The molecule has 0 bridgehead atoms. The number of likely N-dealkylation sites (tertiary alicyclic amines) is 1. The van der Waals surface area contributed by atoms with Crippen LogP contribution in [0.2, 0.25) is 0 Å². The molecule has 0 aromatic heterocycles. The van der Waals surface area contributed by atoms with Crippen molar-refractivity contribution in [2.24, 2.45) is 0 Å². The van der Waals surface area contributed by atoms with Crippen LogP contribution in [-0.4, -0.2) is 58.0 Å². The second-order valence-electron chi connectivity index (χ2n) is 5.24. The van der Waals surface area contributed by atoms with Gasteiger partial charge in [0.1, 0.15) is 11.6 Å². The number of ether oxygens (including phenoxy) is 1. The Morgan fingerprint density at radius 2 is 2.06 bits per heavy atom. The molecule has 2 saturated heterocycles. The normalized spacial score (nSPS) is 45.8. The summed E-state index contributed by atoms with van der Waals surface area (Å²) in [7, 11) is 0. The minimum Gasteiger partial charge on any atom is -0.464 e. The van der Waals surface area contributed by atoms with Gasteiger partial charge in [-0.2, -0.15) is 0 Å². The van der Waals surface area contributed by atoms with E-state index < -0.39 is 11.2 Å². The Morgan fingerprint density at radius 3 is 2.56 bits per heavy atom. The van der Waals surface area contributed by atoms with Crippen LogP contribution in [0.5, 0.6) is 0 Å². The van der Waals surface area contributed by atoms with Gasteiger partial charge in [0.2, 0.25) is 0 Å². The summed E-state index contributed by atoms with van der Waals surface area (Å²) >= 11 is 0. The van der Waals surface area contributed by atoms with Crippen LogP contribution in [0.3, 0.4) is 0 Å². The van der Waals surface area contributed by atoms with Gasteiger partial charge < -0.3 is 14.9 Å². The third kappa shape index (κ3) is 1.83. The summed E-state index contributed by atoms with van der Waals surface area (Å²) in [5, 5.41) is 20.2. The predicted octanol–water partition coefficient (Wildman–Crippen LogP) is -0.490. The first-order valence-electron chi connectivity index (χ1n) is 5.69. The number of esters is 1. The van der Waals surface area contributed by atoms with Crippen LogP contribution in [-0.2, 0) is 9.53 Å². The number of rotatable bonds is 1. The van der Waals surface area contributed by atoms with Gasteiger partial charge in [0.25, 0.3) is 0 Å². The molecule has 1 unspecified atom stereocenters. The zero-order chi connectivity index (χ0) is 12.0. The van der Waals surface area contributed by atoms with E-state index in [0.29, 0.717) is 32.5 Å². The van der Waals surface area contributed by atoms with Gasteiger partial charge in [0.15, 0.2) is 0 Å². The van der Waals surface area contributed by atoms with E-state index in [1.165, 1.54) is 0 Å². The molecule has 0 aromatic rings. The van der Waals surface area contributed by atoms with Crippen molar-refractivity contribution in [3.63, 3.8) is 0 Å². The van der Waals surface area contributed by atoms with Crippen molar-refractivity contribution in [1.82, 2.24) is 4.90 Å². The molecule has 2 N–H and O–H groups in total. The fourth-order valence-corrected chi connectivity index (χ4v) is 2.36. The molecule has 0 radical (unpaired) electrons. The largest absolute Gasteiger partial charge is 0.464 e. The van der Waals surface area contributed by atoms with Crippen LogP contribution in [0.1, 0.15) is 26.7 Å². The Morgan fingerprint density at radius 1 is 1.38 bits per heavy atom. The number of hydrogen-bond acceptors (Lipinski definition) is 5. The van der Waals surface area contributed by atoms with Gasteiger partial charge >= 0.3 is 5.97 Å². The molecule has 2 aliphatic rings. The standard InChI is InChI=1S/C11H19NO4/c1-10(14)4-5-12(7-11(10,2)15)8-3-6-16-9(8)13/h8,14-15H,3-7H2,1-2H3/t8?,10-,11+/m1/s1. The molecule has 2 rings (SSSR count). The molecule has 16 heavy (non-hydrogen) atoms. The summed E-state index contributed by atoms with van der Waals surface area (Å²) in [6.45, 7) is 4.62. The molecule has 2 heterocycles. The summed E-state index contributed by atoms with van der Waals surface area (Å²) in [6, 6.07) is -0.248. The minimum absolute atomic E-state index is 0.211. The molecule has 0 saturated carbocycles. The summed E-state index contributed by atoms with van der Waals surface area (Å²) in [6.07, 6.45) is 1.14. The Balaban J connectivity index is 2.08. The molecule has 5 nitrogen and oxygen atoms in total. The molecule has 0 spiro atoms. The van der Waals surface area contributed by atoms with E-state index in [4.69, 9.17) is 4.74 Å². The van der Waals surface area contributed by atoms with Crippen molar-refractivity contribution in [2.45, 2.75) is 43.9 Å². The van der Waals surface area contributed by atoms with Crippen molar-refractivity contribution in [2.75, 3.05) is 19.7 Å².